The van der Waals surface area contributed by atoms with Crippen LogP contribution in [0.25, 0.3) is 0 Å². The third-order valence-corrected chi connectivity index (χ3v) is 3.84. The van der Waals surface area contributed by atoms with Gasteiger partial charge in [-0.2, -0.15) is 0 Å². The quantitative estimate of drug-likeness (QED) is 0.777. The fourth-order valence-electron chi connectivity index (χ4n) is 1.87. The van der Waals surface area contributed by atoms with E-state index >= 15 is 0 Å². The van der Waals surface area contributed by atoms with E-state index in [0.29, 0.717) is 35.7 Å². The molecule has 1 atom stereocenters. The third kappa shape index (κ3) is 2.84. The molecule has 0 bridgehead atoms. The summed E-state index contributed by atoms with van der Waals surface area (Å²) in [5, 5.41) is 0. The van der Waals surface area contributed by atoms with Crippen molar-refractivity contribution in [1.29, 1.82) is 0 Å². The van der Waals surface area contributed by atoms with E-state index < -0.39 is 0 Å². The summed E-state index contributed by atoms with van der Waals surface area (Å²) in [6, 6.07) is 3.89. The van der Waals surface area contributed by atoms with Crippen LogP contribution in [-0.2, 0) is 4.74 Å². The van der Waals surface area contributed by atoms with Gasteiger partial charge in [0.25, 0.3) is 5.91 Å². The van der Waals surface area contributed by atoms with Crippen molar-refractivity contribution in [3.63, 3.8) is 0 Å². The summed E-state index contributed by atoms with van der Waals surface area (Å²) < 4.78 is 18.7. The van der Waals surface area contributed by atoms with E-state index in [1.165, 1.54) is 18.2 Å². The van der Waals surface area contributed by atoms with Crippen molar-refractivity contribution in [2.24, 2.45) is 0 Å². The molecule has 1 saturated heterocycles. The number of benzene rings is 1. The number of alkyl halides is 1. The molecule has 1 fully saturated rings. The maximum absolute atomic E-state index is 13.0. The second kappa shape index (κ2) is 5.99. The zero-order valence-corrected chi connectivity index (χ0v) is 11.9. The Kier molecular flexibility index (Phi) is 4.59. The topological polar surface area (TPSA) is 29.5 Å². The molecular weight excluding hydrogens is 324 g/mol. The second-order valence-corrected chi connectivity index (χ2v) is 5.17. The number of carbonyl (C=O) groups is 1. The van der Waals surface area contributed by atoms with Gasteiger partial charge in [-0.05, 0) is 34.1 Å². The molecule has 0 N–H and O–H groups in total. The summed E-state index contributed by atoms with van der Waals surface area (Å²) in [5.74, 6) is -0.213. The fraction of sp³-hybridized carbons (Fsp3) is 0.417. The molecule has 6 heteroatoms. The first kappa shape index (κ1) is 13.8. The number of halogens is 3. The first-order valence-electron chi connectivity index (χ1n) is 5.53. The van der Waals surface area contributed by atoms with Crippen LogP contribution in [0, 0.1) is 5.82 Å². The predicted molar refractivity (Wildman–Crippen MR) is 70.5 cm³/mol. The molecule has 1 aliphatic rings. The molecule has 3 nitrogen and oxygen atoms in total. The Hall–Kier alpha value is -0.650. The molecule has 0 aliphatic carbocycles. The van der Waals surface area contributed by atoms with Crippen molar-refractivity contribution >= 4 is 33.4 Å². The zero-order chi connectivity index (χ0) is 13.1. The highest BCUT2D eigenvalue weighted by atomic mass is 79.9. The van der Waals surface area contributed by atoms with Crippen molar-refractivity contribution in [3.8, 4) is 0 Å². The highest BCUT2D eigenvalue weighted by Crippen LogP contribution is 2.22. The van der Waals surface area contributed by atoms with Crippen LogP contribution in [0.5, 0.6) is 0 Å². The molecule has 2 rings (SSSR count). The maximum atomic E-state index is 13.0. The molecule has 0 radical (unpaired) electrons. The van der Waals surface area contributed by atoms with Gasteiger partial charge >= 0.3 is 0 Å². The Bertz CT molecular complexity index is 458. The van der Waals surface area contributed by atoms with Crippen LogP contribution >= 0.6 is 27.5 Å². The van der Waals surface area contributed by atoms with Gasteiger partial charge in [0.15, 0.2) is 0 Å². The number of hydrogen-bond acceptors (Lipinski definition) is 2. The minimum atomic E-state index is -0.380. The van der Waals surface area contributed by atoms with E-state index in [1.807, 2.05) is 0 Å². The molecule has 0 saturated carbocycles. The number of nitrogens with zero attached hydrogens (tertiary/aromatic N) is 1. The molecule has 0 aromatic heterocycles. The third-order valence-electron chi connectivity index (χ3n) is 2.83. The lowest BCUT2D eigenvalue weighted by Crippen LogP contribution is -2.49. The average Bonchev–Trinajstić information content (AvgIpc) is 2.38. The Morgan fingerprint density at radius 1 is 1.61 bits per heavy atom. The maximum Gasteiger partial charge on any atom is 0.255 e. The van der Waals surface area contributed by atoms with Crippen LogP contribution < -0.4 is 0 Å². The molecule has 1 unspecified atom stereocenters. The molecule has 18 heavy (non-hydrogen) atoms. The number of amides is 1. The van der Waals surface area contributed by atoms with E-state index in [0.717, 1.165) is 0 Å². The standard InChI is InChI=1S/C12H12BrClFNO2/c13-11-5-8(15)1-2-10(11)12(17)16-3-4-18-7-9(16)6-14/h1-2,5,9H,3-4,6-7H2. The highest BCUT2D eigenvalue weighted by molar-refractivity contribution is 9.10. The highest BCUT2D eigenvalue weighted by Gasteiger charge is 2.28. The molecule has 1 heterocycles. The monoisotopic (exact) mass is 335 g/mol. The minimum absolute atomic E-state index is 0.134. The van der Waals surface area contributed by atoms with Crippen LogP contribution in [0.2, 0.25) is 0 Å². The summed E-state index contributed by atoms with van der Waals surface area (Å²) >= 11 is 9.03. The number of carbonyl (C=O) groups excluding carboxylic acids is 1. The molecule has 1 aromatic rings. The molecule has 0 spiro atoms. The lowest BCUT2D eigenvalue weighted by atomic mass is 10.1. The Morgan fingerprint density at radius 3 is 3.06 bits per heavy atom. The van der Waals surface area contributed by atoms with Crippen LogP contribution in [0.1, 0.15) is 10.4 Å². The largest absolute Gasteiger partial charge is 0.377 e. The van der Waals surface area contributed by atoms with Gasteiger partial charge in [-0.3, -0.25) is 4.79 Å². The fourth-order valence-corrected chi connectivity index (χ4v) is 2.64. The molecule has 1 aliphatic heterocycles. The lowest BCUT2D eigenvalue weighted by molar-refractivity contribution is 0.00451. The summed E-state index contributed by atoms with van der Waals surface area (Å²) in [7, 11) is 0. The normalized spacial score (nSPS) is 19.9. The van der Waals surface area contributed by atoms with Gasteiger partial charge in [0.05, 0.1) is 24.8 Å². The minimum Gasteiger partial charge on any atom is -0.377 e. The van der Waals surface area contributed by atoms with Crippen molar-refractivity contribution in [1.82, 2.24) is 4.90 Å². The summed E-state index contributed by atoms with van der Waals surface area (Å²) in [5.41, 5.74) is 0.438. The van der Waals surface area contributed by atoms with Crippen molar-refractivity contribution < 1.29 is 13.9 Å². The molecular formula is C12H12BrClFNO2. The van der Waals surface area contributed by atoms with E-state index in [4.69, 9.17) is 16.3 Å². The average molecular weight is 337 g/mol. The first-order valence-corrected chi connectivity index (χ1v) is 6.86. The van der Waals surface area contributed by atoms with Crippen LogP contribution in [0.15, 0.2) is 22.7 Å². The smallest absolute Gasteiger partial charge is 0.255 e. The Labute approximate surface area is 118 Å². The molecule has 98 valence electrons. The lowest BCUT2D eigenvalue weighted by Gasteiger charge is -2.34. The van der Waals surface area contributed by atoms with Crippen molar-refractivity contribution in [2.45, 2.75) is 6.04 Å². The van der Waals surface area contributed by atoms with Gasteiger partial charge in [0, 0.05) is 16.9 Å². The van der Waals surface area contributed by atoms with Crippen LogP contribution in [0.4, 0.5) is 4.39 Å². The number of morpholine rings is 1. The van der Waals surface area contributed by atoms with Gasteiger partial charge in [-0.25, -0.2) is 4.39 Å². The van der Waals surface area contributed by atoms with Gasteiger partial charge in [0.1, 0.15) is 5.82 Å². The Balaban J connectivity index is 2.24. The molecule has 1 aromatic carbocycles. The van der Waals surface area contributed by atoms with Gasteiger partial charge < -0.3 is 9.64 Å². The van der Waals surface area contributed by atoms with E-state index in [-0.39, 0.29) is 17.8 Å². The van der Waals surface area contributed by atoms with Gasteiger partial charge in [-0.1, -0.05) is 0 Å². The summed E-state index contributed by atoms with van der Waals surface area (Å²) in [6.07, 6.45) is 0. The Morgan fingerprint density at radius 2 is 2.39 bits per heavy atom. The van der Waals surface area contributed by atoms with E-state index in [9.17, 15) is 9.18 Å². The van der Waals surface area contributed by atoms with Crippen molar-refractivity contribution in [3.05, 3.63) is 34.1 Å². The summed E-state index contributed by atoms with van der Waals surface area (Å²) in [4.78, 5) is 14.0. The van der Waals surface area contributed by atoms with Gasteiger partial charge in [-0.15, -0.1) is 11.6 Å². The van der Waals surface area contributed by atoms with Crippen molar-refractivity contribution in [2.75, 3.05) is 25.6 Å². The molecule has 1 amide bonds. The van der Waals surface area contributed by atoms with Crippen LogP contribution in [-0.4, -0.2) is 42.5 Å². The van der Waals surface area contributed by atoms with Gasteiger partial charge in [0.2, 0.25) is 0 Å². The number of ether oxygens (including phenoxy) is 1. The number of hydrogen-bond donors (Lipinski definition) is 0. The first-order chi connectivity index (χ1) is 8.63. The SMILES string of the molecule is O=C(c1ccc(F)cc1Br)N1CCOCC1CCl. The predicted octanol–water partition coefficient (Wildman–Crippen LogP) is 2.67. The second-order valence-electron chi connectivity index (χ2n) is 4.01. The number of rotatable bonds is 2. The van der Waals surface area contributed by atoms with Crippen LogP contribution in [0.3, 0.4) is 0 Å². The van der Waals surface area contributed by atoms with E-state index in [1.54, 1.807) is 4.90 Å². The zero-order valence-electron chi connectivity index (χ0n) is 9.54. The summed E-state index contributed by atoms with van der Waals surface area (Å²) in [6.45, 7) is 1.44. The van der Waals surface area contributed by atoms with E-state index in [2.05, 4.69) is 15.9 Å².